The number of nitrogens with one attached hydrogen (secondary N) is 4. The van der Waals surface area contributed by atoms with Gasteiger partial charge in [-0.2, -0.15) is 0 Å². The Morgan fingerprint density at radius 3 is 1.23 bits per heavy atom. The normalized spacial score (nSPS) is 10.4. The van der Waals surface area contributed by atoms with Crippen LogP contribution in [0.15, 0.2) is 72.8 Å². The molecule has 4 aromatic rings. The Balaban J connectivity index is 1.48. The number of thiocarbonyl (C=S) groups is 2. The highest BCUT2D eigenvalue weighted by molar-refractivity contribution is 7.81. The van der Waals surface area contributed by atoms with Gasteiger partial charge >= 0.3 is 0 Å². The van der Waals surface area contributed by atoms with Crippen molar-refractivity contribution in [1.82, 2.24) is 0 Å². The van der Waals surface area contributed by atoms with Crippen molar-refractivity contribution < 1.29 is 27.0 Å². The van der Waals surface area contributed by atoms with E-state index in [1.54, 1.807) is 24.3 Å². The van der Waals surface area contributed by atoms with Gasteiger partial charge in [0.05, 0.1) is 37.0 Å². The monoisotopic (exact) mass is 586 g/mol. The van der Waals surface area contributed by atoms with Crippen LogP contribution in [0.2, 0.25) is 0 Å². The van der Waals surface area contributed by atoms with Crippen molar-refractivity contribution in [3.63, 3.8) is 0 Å². The van der Waals surface area contributed by atoms with Gasteiger partial charge in [-0.05, 0) is 84.1 Å². The van der Waals surface area contributed by atoms with Crippen LogP contribution < -0.4 is 30.7 Å². The molecule has 0 radical (unpaired) electrons. The van der Waals surface area contributed by atoms with Crippen molar-refractivity contribution >= 4 is 57.4 Å². The zero-order chi connectivity index (χ0) is 28.8. The number of rotatable bonds is 7. The van der Waals surface area contributed by atoms with Crippen LogP contribution in [-0.2, 0) is 0 Å². The van der Waals surface area contributed by atoms with Gasteiger partial charge in [-0.1, -0.05) is 12.1 Å². The molecule has 0 atom stereocenters. The fourth-order valence-corrected chi connectivity index (χ4v) is 4.12. The van der Waals surface area contributed by atoms with E-state index in [1.807, 2.05) is 12.1 Å². The highest BCUT2D eigenvalue weighted by Gasteiger charge is 2.13. The molecule has 40 heavy (non-hydrogen) atoms. The Labute approximate surface area is 238 Å². The summed E-state index contributed by atoms with van der Waals surface area (Å²) in [6.45, 7) is 0. The molecule has 0 spiro atoms. The quantitative estimate of drug-likeness (QED) is 0.131. The first-order valence-corrected chi connectivity index (χ1v) is 12.4. The summed E-state index contributed by atoms with van der Waals surface area (Å²) >= 11 is 10.5. The Bertz CT molecular complexity index is 1470. The van der Waals surface area contributed by atoms with E-state index in [2.05, 4.69) is 21.3 Å². The third-order valence-corrected chi connectivity index (χ3v) is 6.00. The maximum atomic E-state index is 14.0. The molecule has 0 aliphatic carbocycles. The van der Waals surface area contributed by atoms with Gasteiger partial charge in [0, 0.05) is 12.1 Å². The molecule has 0 saturated carbocycles. The predicted molar refractivity (Wildman–Crippen MR) is 157 cm³/mol. The van der Waals surface area contributed by atoms with Crippen LogP contribution in [0.5, 0.6) is 11.5 Å². The summed E-state index contributed by atoms with van der Waals surface area (Å²) in [4.78, 5) is 0. The van der Waals surface area contributed by atoms with Crippen molar-refractivity contribution in [2.75, 3.05) is 35.5 Å². The van der Waals surface area contributed by atoms with Crippen molar-refractivity contribution in [2.45, 2.75) is 0 Å². The maximum absolute atomic E-state index is 14.0. The third kappa shape index (κ3) is 6.96. The number of benzene rings is 4. The molecule has 4 N–H and O–H groups in total. The summed E-state index contributed by atoms with van der Waals surface area (Å²) in [7, 11) is 2.98. The second-order valence-corrected chi connectivity index (χ2v) is 9.05. The van der Waals surface area contributed by atoms with E-state index in [1.165, 1.54) is 26.4 Å². The number of hydrogen-bond donors (Lipinski definition) is 4. The van der Waals surface area contributed by atoms with Crippen LogP contribution >= 0.6 is 24.4 Å². The molecule has 0 fully saturated rings. The van der Waals surface area contributed by atoms with Crippen molar-refractivity contribution in [3.05, 3.63) is 96.1 Å². The van der Waals surface area contributed by atoms with E-state index in [9.17, 15) is 17.6 Å². The minimum atomic E-state index is -0.780. The van der Waals surface area contributed by atoms with Gasteiger partial charge < -0.3 is 30.7 Å². The Hall–Kier alpha value is -4.42. The molecular formula is C28H22F4N4O2S2. The number of hydrogen-bond acceptors (Lipinski definition) is 4. The molecule has 12 heteroatoms. The molecule has 206 valence electrons. The minimum absolute atomic E-state index is 0.0211. The van der Waals surface area contributed by atoms with Gasteiger partial charge in [0.2, 0.25) is 0 Å². The molecule has 0 aliphatic rings. The maximum Gasteiger partial charge on any atom is 0.175 e. The smallest absolute Gasteiger partial charge is 0.175 e. The van der Waals surface area contributed by atoms with Gasteiger partial charge in [-0.15, -0.1) is 0 Å². The van der Waals surface area contributed by atoms with Crippen LogP contribution in [0.1, 0.15) is 0 Å². The zero-order valence-electron chi connectivity index (χ0n) is 21.1. The van der Waals surface area contributed by atoms with Gasteiger partial charge in [-0.3, -0.25) is 0 Å². The lowest BCUT2D eigenvalue weighted by Crippen LogP contribution is -2.20. The van der Waals surface area contributed by atoms with Crippen LogP contribution in [0.3, 0.4) is 0 Å². The summed E-state index contributed by atoms with van der Waals surface area (Å²) in [6.07, 6.45) is 0. The largest absolute Gasteiger partial charge is 0.495 e. The molecule has 0 bridgehead atoms. The predicted octanol–water partition coefficient (Wildman–Crippen LogP) is 7.55. The first-order valence-electron chi connectivity index (χ1n) is 11.6. The molecule has 4 aromatic carbocycles. The summed E-state index contributed by atoms with van der Waals surface area (Å²) < 4.78 is 65.3. The summed E-state index contributed by atoms with van der Waals surface area (Å²) in [5.41, 5.74) is 2.64. The van der Waals surface area contributed by atoms with Crippen molar-refractivity contribution in [3.8, 4) is 22.6 Å². The molecule has 0 saturated heterocycles. The van der Waals surface area contributed by atoms with E-state index in [4.69, 9.17) is 33.9 Å². The SMILES string of the molecule is COc1cc(-c2ccc(NC(=S)Nc3ccc(F)cc3F)c(OC)c2)ccc1NC(=S)Nc1ccc(F)cc1F. The van der Waals surface area contributed by atoms with Crippen LogP contribution in [0.4, 0.5) is 40.3 Å². The first kappa shape index (κ1) is 28.6. The highest BCUT2D eigenvalue weighted by Crippen LogP contribution is 2.35. The summed E-state index contributed by atoms with van der Waals surface area (Å²) in [5.74, 6) is -2.04. The Morgan fingerprint density at radius 2 is 0.875 bits per heavy atom. The molecule has 0 amide bonds. The lowest BCUT2D eigenvalue weighted by molar-refractivity contribution is 0.416. The van der Waals surface area contributed by atoms with Crippen molar-refractivity contribution in [1.29, 1.82) is 0 Å². The van der Waals surface area contributed by atoms with E-state index in [0.29, 0.717) is 22.9 Å². The number of methoxy groups -OCH3 is 2. The Kier molecular flexibility index (Phi) is 9.02. The van der Waals surface area contributed by atoms with Gasteiger partial charge in [0.15, 0.2) is 10.2 Å². The average molecular weight is 587 g/mol. The Morgan fingerprint density at radius 1 is 0.525 bits per heavy atom. The fraction of sp³-hybridized carbons (Fsp3) is 0.0714. The van der Waals surface area contributed by atoms with Gasteiger partial charge in [0.1, 0.15) is 34.8 Å². The van der Waals surface area contributed by atoms with Gasteiger partial charge in [0.25, 0.3) is 0 Å². The lowest BCUT2D eigenvalue weighted by Gasteiger charge is -2.17. The molecule has 6 nitrogen and oxygen atoms in total. The third-order valence-electron chi connectivity index (χ3n) is 5.59. The number of anilines is 4. The number of ether oxygens (including phenoxy) is 2. The molecule has 0 aromatic heterocycles. The summed E-state index contributed by atoms with van der Waals surface area (Å²) in [6, 6.07) is 16.9. The van der Waals surface area contributed by atoms with Crippen LogP contribution in [0, 0.1) is 23.3 Å². The van der Waals surface area contributed by atoms with E-state index in [0.717, 1.165) is 35.4 Å². The van der Waals surface area contributed by atoms with E-state index in [-0.39, 0.29) is 21.6 Å². The van der Waals surface area contributed by atoms with Crippen LogP contribution in [-0.4, -0.2) is 24.4 Å². The fourth-order valence-electron chi connectivity index (χ4n) is 3.68. The van der Waals surface area contributed by atoms with Crippen molar-refractivity contribution in [2.24, 2.45) is 0 Å². The standard InChI is InChI=1S/C28H22F4N4O2S2/c1-37-25-11-15(3-7-23(25)35-27(39)33-21-9-5-17(29)13-19(21)31)16-4-8-24(26(12-16)38-2)36-28(40)34-22-10-6-18(30)14-20(22)32/h3-14H,1-2H3,(H2,33,35,39)(H2,34,36,40). The topological polar surface area (TPSA) is 66.6 Å². The molecule has 4 rings (SSSR count). The second-order valence-electron chi connectivity index (χ2n) is 8.24. The molecule has 0 heterocycles. The second kappa shape index (κ2) is 12.6. The first-order chi connectivity index (χ1) is 19.2. The molecule has 0 unspecified atom stereocenters. The van der Waals surface area contributed by atoms with E-state index < -0.39 is 23.3 Å². The van der Waals surface area contributed by atoms with Gasteiger partial charge in [-0.25, -0.2) is 17.6 Å². The van der Waals surface area contributed by atoms with E-state index >= 15 is 0 Å². The summed E-state index contributed by atoms with van der Waals surface area (Å²) in [5, 5.41) is 11.4. The lowest BCUT2D eigenvalue weighted by atomic mass is 10.0. The average Bonchev–Trinajstić information content (AvgIpc) is 2.92. The highest BCUT2D eigenvalue weighted by atomic mass is 32.1. The molecule has 0 aliphatic heterocycles. The minimum Gasteiger partial charge on any atom is -0.495 e. The zero-order valence-corrected chi connectivity index (χ0v) is 22.7. The molecular weight excluding hydrogens is 564 g/mol. The van der Waals surface area contributed by atoms with Crippen LogP contribution in [0.25, 0.3) is 11.1 Å². The number of halogens is 4.